The van der Waals surface area contributed by atoms with Crippen LogP contribution in [0.4, 0.5) is 0 Å². The predicted octanol–water partition coefficient (Wildman–Crippen LogP) is 1.56. The average molecular weight is 257 g/mol. The second-order valence-electron chi connectivity index (χ2n) is 5.20. The number of rotatable bonds is 7. The van der Waals surface area contributed by atoms with E-state index in [0.717, 1.165) is 32.1 Å². The third-order valence-corrected chi connectivity index (χ3v) is 3.69. The van der Waals surface area contributed by atoms with Crippen molar-refractivity contribution in [3.63, 3.8) is 0 Å². The summed E-state index contributed by atoms with van der Waals surface area (Å²) in [5.74, 6) is -0.897. The second kappa shape index (κ2) is 6.73. The molecule has 0 saturated heterocycles. The van der Waals surface area contributed by atoms with Crippen molar-refractivity contribution in [2.24, 2.45) is 5.41 Å². The normalized spacial score (nSPS) is 19.4. The van der Waals surface area contributed by atoms with Crippen LogP contribution >= 0.6 is 0 Å². The van der Waals surface area contributed by atoms with Crippen molar-refractivity contribution in [3.8, 4) is 0 Å². The van der Waals surface area contributed by atoms with Crippen molar-refractivity contribution >= 4 is 11.9 Å². The molecule has 104 valence electrons. The highest BCUT2D eigenvalue weighted by Crippen LogP contribution is 2.41. The van der Waals surface area contributed by atoms with Crippen LogP contribution in [0.5, 0.6) is 0 Å². The fourth-order valence-corrected chi connectivity index (χ4v) is 2.63. The van der Waals surface area contributed by atoms with Crippen LogP contribution in [0.2, 0.25) is 0 Å². The molecule has 1 fully saturated rings. The lowest BCUT2D eigenvalue weighted by Crippen LogP contribution is -2.44. The van der Waals surface area contributed by atoms with Crippen molar-refractivity contribution in [3.05, 3.63) is 0 Å². The Morgan fingerprint density at radius 1 is 1.39 bits per heavy atom. The molecule has 2 N–H and O–H groups in total. The summed E-state index contributed by atoms with van der Waals surface area (Å²) < 4.78 is 5.07. The highest BCUT2D eigenvalue weighted by Gasteiger charge is 2.40. The van der Waals surface area contributed by atoms with E-state index in [0.29, 0.717) is 6.61 Å². The highest BCUT2D eigenvalue weighted by atomic mass is 16.5. The molecule has 0 heterocycles. The van der Waals surface area contributed by atoms with Crippen LogP contribution in [0.3, 0.4) is 0 Å². The van der Waals surface area contributed by atoms with Crippen LogP contribution in [0, 0.1) is 5.41 Å². The van der Waals surface area contributed by atoms with E-state index in [2.05, 4.69) is 5.32 Å². The minimum absolute atomic E-state index is 0.00852. The number of carbonyl (C=O) groups excluding carboxylic acids is 1. The molecule has 18 heavy (non-hydrogen) atoms. The maximum atomic E-state index is 12.3. The molecule has 0 aromatic rings. The van der Waals surface area contributed by atoms with Gasteiger partial charge in [-0.2, -0.15) is 0 Å². The Balaban J connectivity index is 2.57. The molecular weight excluding hydrogens is 234 g/mol. The molecule has 1 amide bonds. The van der Waals surface area contributed by atoms with Gasteiger partial charge in [0.15, 0.2) is 0 Å². The summed E-state index contributed by atoms with van der Waals surface area (Å²) >= 11 is 0. The molecule has 5 nitrogen and oxygen atoms in total. The number of carboxylic acid groups (broad SMARTS) is 1. The third kappa shape index (κ3) is 3.98. The molecule has 0 spiro atoms. The first-order chi connectivity index (χ1) is 8.50. The molecule has 0 aromatic carbocycles. The summed E-state index contributed by atoms with van der Waals surface area (Å²) in [4.78, 5) is 22.9. The van der Waals surface area contributed by atoms with Crippen molar-refractivity contribution in [1.82, 2.24) is 5.32 Å². The van der Waals surface area contributed by atoms with E-state index in [4.69, 9.17) is 9.84 Å². The van der Waals surface area contributed by atoms with Gasteiger partial charge < -0.3 is 15.2 Å². The second-order valence-corrected chi connectivity index (χ2v) is 5.20. The van der Waals surface area contributed by atoms with Gasteiger partial charge in [-0.3, -0.25) is 9.59 Å². The monoisotopic (exact) mass is 257 g/mol. The van der Waals surface area contributed by atoms with Gasteiger partial charge in [0.2, 0.25) is 5.91 Å². The van der Waals surface area contributed by atoms with Crippen LogP contribution in [0.15, 0.2) is 0 Å². The van der Waals surface area contributed by atoms with Gasteiger partial charge in [0, 0.05) is 19.8 Å². The van der Waals surface area contributed by atoms with Gasteiger partial charge in [0.25, 0.3) is 0 Å². The van der Waals surface area contributed by atoms with E-state index >= 15 is 0 Å². The topological polar surface area (TPSA) is 75.6 Å². The first-order valence-electron chi connectivity index (χ1n) is 6.52. The number of nitrogens with one attached hydrogen (secondary N) is 1. The van der Waals surface area contributed by atoms with Crippen LogP contribution in [-0.2, 0) is 14.3 Å². The largest absolute Gasteiger partial charge is 0.481 e. The molecule has 1 saturated carbocycles. The SMILES string of the molecule is COCCC1(C(=O)NC(C)CC(=O)O)CCCC1. The summed E-state index contributed by atoms with van der Waals surface area (Å²) in [6.45, 7) is 2.30. The molecule has 1 unspecified atom stereocenters. The minimum Gasteiger partial charge on any atom is -0.481 e. The van der Waals surface area contributed by atoms with Crippen LogP contribution in [0.1, 0.15) is 45.4 Å². The molecule has 1 atom stereocenters. The summed E-state index contributed by atoms with van der Waals surface area (Å²) in [6, 6.07) is -0.324. The molecule has 1 aliphatic rings. The molecule has 1 aliphatic carbocycles. The van der Waals surface area contributed by atoms with E-state index in [9.17, 15) is 9.59 Å². The zero-order chi connectivity index (χ0) is 13.6. The number of hydrogen-bond donors (Lipinski definition) is 2. The van der Waals surface area contributed by atoms with Crippen molar-refractivity contribution in [1.29, 1.82) is 0 Å². The molecular formula is C13H23NO4. The van der Waals surface area contributed by atoms with Gasteiger partial charge in [-0.1, -0.05) is 12.8 Å². The van der Waals surface area contributed by atoms with Crippen molar-refractivity contribution in [2.45, 2.75) is 51.5 Å². The van der Waals surface area contributed by atoms with Crippen molar-refractivity contribution < 1.29 is 19.4 Å². The number of amides is 1. The number of aliphatic carboxylic acids is 1. The third-order valence-electron chi connectivity index (χ3n) is 3.69. The zero-order valence-corrected chi connectivity index (χ0v) is 11.2. The number of carbonyl (C=O) groups is 2. The molecule has 0 aliphatic heterocycles. The highest BCUT2D eigenvalue weighted by molar-refractivity contribution is 5.83. The van der Waals surface area contributed by atoms with Gasteiger partial charge in [-0.25, -0.2) is 0 Å². The lowest BCUT2D eigenvalue weighted by molar-refractivity contribution is -0.138. The van der Waals surface area contributed by atoms with E-state index in [1.54, 1.807) is 14.0 Å². The number of hydrogen-bond acceptors (Lipinski definition) is 3. The summed E-state index contributed by atoms with van der Waals surface area (Å²) in [5, 5.41) is 11.5. The Morgan fingerprint density at radius 3 is 2.50 bits per heavy atom. The average Bonchev–Trinajstić information content (AvgIpc) is 2.74. The number of carboxylic acids is 1. The van der Waals surface area contributed by atoms with Crippen LogP contribution in [0.25, 0.3) is 0 Å². The molecule has 5 heteroatoms. The lowest BCUT2D eigenvalue weighted by Gasteiger charge is -2.29. The standard InChI is InChI=1S/C13H23NO4/c1-10(9-11(15)16)14-12(17)13(7-8-18-2)5-3-4-6-13/h10H,3-9H2,1-2H3,(H,14,17)(H,15,16). The Kier molecular flexibility index (Phi) is 5.59. The van der Waals surface area contributed by atoms with Gasteiger partial charge in [0.1, 0.15) is 0 Å². The molecule has 0 aromatic heterocycles. The van der Waals surface area contributed by atoms with E-state index in [-0.39, 0.29) is 23.8 Å². The Morgan fingerprint density at radius 2 is 2.00 bits per heavy atom. The number of methoxy groups -OCH3 is 1. The molecule has 0 bridgehead atoms. The predicted molar refractivity (Wildman–Crippen MR) is 67.3 cm³/mol. The van der Waals surface area contributed by atoms with E-state index in [1.165, 1.54) is 0 Å². The minimum atomic E-state index is -0.889. The lowest BCUT2D eigenvalue weighted by atomic mass is 9.81. The van der Waals surface area contributed by atoms with Crippen LogP contribution in [-0.4, -0.2) is 36.7 Å². The van der Waals surface area contributed by atoms with E-state index in [1.807, 2.05) is 0 Å². The van der Waals surface area contributed by atoms with E-state index < -0.39 is 5.97 Å². The summed E-state index contributed by atoms with van der Waals surface area (Å²) in [5.41, 5.74) is -0.344. The first kappa shape index (κ1) is 15.0. The van der Waals surface area contributed by atoms with Gasteiger partial charge >= 0.3 is 5.97 Å². The van der Waals surface area contributed by atoms with Gasteiger partial charge in [-0.05, 0) is 26.2 Å². The quantitative estimate of drug-likeness (QED) is 0.725. The fraction of sp³-hybridized carbons (Fsp3) is 0.846. The Bertz CT molecular complexity index is 297. The van der Waals surface area contributed by atoms with Gasteiger partial charge in [0.05, 0.1) is 11.8 Å². The maximum Gasteiger partial charge on any atom is 0.305 e. The maximum absolute atomic E-state index is 12.3. The smallest absolute Gasteiger partial charge is 0.305 e. The fourth-order valence-electron chi connectivity index (χ4n) is 2.63. The zero-order valence-electron chi connectivity index (χ0n) is 11.2. The first-order valence-corrected chi connectivity index (χ1v) is 6.52. The molecule has 1 rings (SSSR count). The molecule has 0 radical (unpaired) electrons. The van der Waals surface area contributed by atoms with Crippen LogP contribution < -0.4 is 5.32 Å². The van der Waals surface area contributed by atoms with Gasteiger partial charge in [-0.15, -0.1) is 0 Å². The number of ether oxygens (including phenoxy) is 1. The van der Waals surface area contributed by atoms with Crippen molar-refractivity contribution in [2.75, 3.05) is 13.7 Å². The summed E-state index contributed by atoms with van der Waals surface area (Å²) in [7, 11) is 1.63. The summed E-state index contributed by atoms with van der Waals surface area (Å²) in [6.07, 6.45) is 4.56. The Hall–Kier alpha value is -1.10. The Labute approximate surface area is 108 Å².